The summed E-state index contributed by atoms with van der Waals surface area (Å²) >= 11 is 0. The van der Waals surface area contributed by atoms with Crippen LogP contribution in [0.5, 0.6) is 0 Å². The van der Waals surface area contributed by atoms with Crippen LogP contribution in [0.15, 0.2) is 6.20 Å². The number of hydrogen-bond donors (Lipinski definition) is 1. The van der Waals surface area contributed by atoms with Gasteiger partial charge >= 0.3 is 0 Å². The molecule has 2 rings (SSSR count). The minimum absolute atomic E-state index is 0.0622. The fourth-order valence-corrected chi connectivity index (χ4v) is 2.09. The first-order valence-corrected chi connectivity index (χ1v) is 6.17. The molecule has 0 bridgehead atoms. The van der Waals surface area contributed by atoms with Gasteiger partial charge in [0.1, 0.15) is 0 Å². The fourth-order valence-electron chi connectivity index (χ4n) is 2.09. The van der Waals surface area contributed by atoms with Gasteiger partial charge in [-0.3, -0.25) is 9.48 Å². The lowest BCUT2D eigenvalue weighted by atomic mass is 10.1. The molecule has 1 aromatic heterocycles. The molecule has 1 saturated heterocycles. The molecule has 2 heterocycles. The van der Waals surface area contributed by atoms with Crippen LogP contribution in [0, 0.1) is 0 Å². The van der Waals surface area contributed by atoms with Crippen LogP contribution < -0.4 is 5.73 Å². The van der Waals surface area contributed by atoms with E-state index in [4.69, 9.17) is 10.5 Å². The van der Waals surface area contributed by atoms with E-state index in [1.807, 2.05) is 0 Å². The van der Waals surface area contributed by atoms with E-state index in [1.165, 1.54) is 0 Å². The lowest BCUT2D eigenvalue weighted by Crippen LogP contribution is -2.40. The number of piperidine rings is 1. The number of nitrogens with zero attached hydrogens (tertiary/aromatic N) is 4. The number of methoxy groups -OCH3 is 1. The maximum atomic E-state index is 12.2. The molecule has 0 aromatic carbocycles. The van der Waals surface area contributed by atoms with E-state index >= 15 is 0 Å². The Hall–Kier alpha value is -1.47. The molecule has 0 radical (unpaired) electrons. The first-order valence-electron chi connectivity index (χ1n) is 6.17. The highest BCUT2D eigenvalue weighted by Gasteiger charge is 2.24. The zero-order chi connectivity index (χ0) is 13.0. The van der Waals surface area contributed by atoms with Crippen molar-refractivity contribution >= 4 is 5.91 Å². The molecule has 1 aliphatic heterocycles. The summed E-state index contributed by atoms with van der Waals surface area (Å²) in [7, 11) is 1.71. The lowest BCUT2D eigenvalue weighted by molar-refractivity contribution is 0.0347. The first-order chi connectivity index (χ1) is 8.74. The second kappa shape index (κ2) is 5.92. The number of nitrogens with two attached hydrogens (primary N) is 1. The maximum absolute atomic E-state index is 12.2. The predicted octanol–water partition coefficient (Wildman–Crippen LogP) is -0.512. The average Bonchev–Trinajstić information content (AvgIpc) is 2.87. The van der Waals surface area contributed by atoms with E-state index < -0.39 is 0 Å². The number of likely N-dealkylation sites (tertiary alicyclic amines) is 1. The highest BCUT2D eigenvalue weighted by atomic mass is 16.5. The van der Waals surface area contributed by atoms with E-state index in [0.29, 0.717) is 31.9 Å². The van der Waals surface area contributed by atoms with Crippen molar-refractivity contribution in [2.24, 2.45) is 5.73 Å². The second-order valence-corrected chi connectivity index (χ2v) is 4.38. The molecule has 1 fully saturated rings. The number of carbonyl (C=O) groups excluding carboxylic acids is 1. The number of ether oxygens (including phenoxy) is 1. The number of aromatic nitrogens is 3. The molecule has 1 aromatic rings. The van der Waals surface area contributed by atoms with Crippen molar-refractivity contribution in [1.82, 2.24) is 19.9 Å². The molecular weight excluding hydrogens is 234 g/mol. The Balaban J connectivity index is 1.94. The van der Waals surface area contributed by atoms with E-state index in [2.05, 4.69) is 10.3 Å². The number of amides is 1. The Bertz CT molecular complexity index is 398. The van der Waals surface area contributed by atoms with Gasteiger partial charge in [-0.15, -0.1) is 5.10 Å². The Morgan fingerprint density at radius 3 is 2.89 bits per heavy atom. The van der Waals surface area contributed by atoms with Gasteiger partial charge in [-0.2, -0.15) is 0 Å². The first kappa shape index (κ1) is 13.0. The molecule has 7 nitrogen and oxygen atoms in total. The Morgan fingerprint density at radius 2 is 2.28 bits per heavy atom. The third-order valence-electron chi connectivity index (χ3n) is 3.18. The molecule has 0 atom stereocenters. The third kappa shape index (κ3) is 2.85. The fraction of sp³-hybridized carbons (Fsp3) is 0.727. The van der Waals surface area contributed by atoms with Crippen LogP contribution >= 0.6 is 0 Å². The van der Waals surface area contributed by atoms with Crippen LogP contribution in [-0.2, 0) is 11.3 Å². The van der Waals surface area contributed by atoms with Gasteiger partial charge in [0.25, 0.3) is 5.91 Å². The summed E-state index contributed by atoms with van der Waals surface area (Å²) in [6.45, 7) is 2.48. The molecule has 0 spiro atoms. The summed E-state index contributed by atoms with van der Waals surface area (Å²) < 4.78 is 6.87. The van der Waals surface area contributed by atoms with Crippen LogP contribution in [0.2, 0.25) is 0 Å². The van der Waals surface area contributed by atoms with Crippen molar-refractivity contribution in [3.05, 3.63) is 11.9 Å². The smallest absolute Gasteiger partial charge is 0.276 e. The molecule has 1 amide bonds. The summed E-state index contributed by atoms with van der Waals surface area (Å²) in [6, 6.07) is 0. The molecule has 1 aliphatic rings. The summed E-state index contributed by atoms with van der Waals surface area (Å²) in [5, 5.41) is 7.75. The van der Waals surface area contributed by atoms with Crippen molar-refractivity contribution in [3.63, 3.8) is 0 Å². The molecule has 18 heavy (non-hydrogen) atoms. The van der Waals surface area contributed by atoms with Gasteiger partial charge in [0.2, 0.25) is 0 Å². The molecular formula is C11H19N5O2. The summed E-state index contributed by atoms with van der Waals surface area (Å²) in [6.07, 6.45) is 3.66. The van der Waals surface area contributed by atoms with Crippen molar-refractivity contribution in [2.75, 3.05) is 26.7 Å². The van der Waals surface area contributed by atoms with Gasteiger partial charge in [-0.05, 0) is 12.8 Å². The predicted molar refractivity (Wildman–Crippen MR) is 65.0 cm³/mol. The zero-order valence-corrected chi connectivity index (χ0v) is 10.6. The highest BCUT2D eigenvalue weighted by Crippen LogP contribution is 2.14. The van der Waals surface area contributed by atoms with Gasteiger partial charge in [-0.25, -0.2) is 0 Å². The van der Waals surface area contributed by atoms with Gasteiger partial charge in [-0.1, -0.05) is 5.21 Å². The number of carbonyl (C=O) groups is 1. The van der Waals surface area contributed by atoms with Gasteiger partial charge < -0.3 is 15.4 Å². The quantitative estimate of drug-likeness (QED) is 0.781. The molecule has 0 unspecified atom stereocenters. The Labute approximate surface area is 106 Å². The summed E-state index contributed by atoms with van der Waals surface area (Å²) in [5.41, 5.74) is 5.81. The van der Waals surface area contributed by atoms with E-state index in [0.717, 1.165) is 12.8 Å². The van der Waals surface area contributed by atoms with Crippen molar-refractivity contribution in [1.29, 1.82) is 0 Å². The summed E-state index contributed by atoms with van der Waals surface area (Å²) in [4.78, 5) is 13.9. The number of rotatable bonds is 4. The van der Waals surface area contributed by atoms with Crippen molar-refractivity contribution < 1.29 is 9.53 Å². The van der Waals surface area contributed by atoms with Gasteiger partial charge in [0.15, 0.2) is 5.69 Å². The Kier molecular flexibility index (Phi) is 4.27. The van der Waals surface area contributed by atoms with Crippen molar-refractivity contribution in [3.8, 4) is 0 Å². The van der Waals surface area contributed by atoms with E-state index in [-0.39, 0.29) is 12.0 Å². The van der Waals surface area contributed by atoms with Gasteiger partial charge in [0, 0.05) is 26.7 Å². The normalized spacial score (nSPS) is 17.1. The highest BCUT2D eigenvalue weighted by molar-refractivity contribution is 5.91. The molecule has 2 N–H and O–H groups in total. The van der Waals surface area contributed by atoms with Crippen molar-refractivity contribution in [2.45, 2.75) is 25.5 Å². The molecule has 7 heteroatoms. The van der Waals surface area contributed by atoms with Crippen LogP contribution in [0.1, 0.15) is 23.3 Å². The second-order valence-electron chi connectivity index (χ2n) is 4.38. The SMILES string of the molecule is COC1CCN(C(=O)c2cn(CCN)nn2)CC1. The standard InChI is InChI=1S/C11H19N5O2/c1-18-9-2-5-15(6-3-9)11(17)10-8-16(7-4-12)14-13-10/h8-9H,2-7,12H2,1H3. The van der Waals surface area contributed by atoms with Crippen LogP contribution in [0.3, 0.4) is 0 Å². The largest absolute Gasteiger partial charge is 0.381 e. The minimum Gasteiger partial charge on any atom is -0.381 e. The van der Waals surface area contributed by atoms with E-state index in [1.54, 1.807) is 22.9 Å². The van der Waals surface area contributed by atoms with Crippen LogP contribution in [-0.4, -0.2) is 58.6 Å². The monoisotopic (exact) mass is 253 g/mol. The number of hydrogen-bond acceptors (Lipinski definition) is 5. The molecule has 0 aliphatic carbocycles. The van der Waals surface area contributed by atoms with Crippen LogP contribution in [0.4, 0.5) is 0 Å². The zero-order valence-electron chi connectivity index (χ0n) is 10.6. The molecule has 100 valence electrons. The van der Waals surface area contributed by atoms with Crippen LogP contribution in [0.25, 0.3) is 0 Å². The lowest BCUT2D eigenvalue weighted by Gasteiger charge is -2.30. The van der Waals surface area contributed by atoms with E-state index in [9.17, 15) is 4.79 Å². The van der Waals surface area contributed by atoms with Gasteiger partial charge in [0.05, 0.1) is 18.8 Å². The average molecular weight is 253 g/mol. The molecule has 0 saturated carbocycles. The third-order valence-corrected chi connectivity index (χ3v) is 3.18. The minimum atomic E-state index is -0.0622. The maximum Gasteiger partial charge on any atom is 0.276 e. The Morgan fingerprint density at radius 1 is 1.56 bits per heavy atom. The topological polar surface area (TPSA) is 86.3 Å². The summed E-state index contributed by atoms with van der Waals surface area (Å²) in [5.74, 6) is -0.0622.